The number of carbonyl (C=O) groups is 2. The summed E-state index contributed by atoms with van der Waals surface area (Å²) >= 11 is 0. The fraction of sp³-hybridized carbons (Fsp3) is 0.800. The monoisotopic (exact) mass is 200 g/mol. The van der Waals surface area contributed by atoms with Gasteiger partial charge in [0.1, 0.15) is 6.10 Å². The first-order chi connectivity index (χ1) is 6.69. The minimum atomic E-state index is -0.248. The average molecular weight is 200 g/mol. The fourth-order valence-corrected chi connectivity index (χ4v) is 1.23. The summed E-state index contributed by atoms with van der Waals surface area (Å²) in [6.45, 7) is 4.06. The van der Waals surface area contributed by atoms with Gasteiger partial charge in [-0.2, -0.15) is 0 Å². The molecule has 0 spiro atoms. The van der Waals surface area contributed by atoms with Gasteiger partial charge in [0.25, 0.3) is 0 Å². The predicted octanol–water partition coefficient (Wildman–Crippen LogP) is 1.28. The molecule has 4 heteroatoms. The van der Waals surface area contributed by atoms with Crippen molar-refractivity contribution in [2.75, 3.05) is 6.61 Å². The first kappa shape index (κ1) is 11.0. The molecule has 1 rings (SSSR count). The number of rotatable bonds is 5. The summed E-state index contributed by atoms with van der Waals surface area (Å²) < 4.78 is 9.85. The molecule has 0 radical (unpaired) electrons. The van der Waals surface area contributed by atoms with E-state index in [1.807, 2.05) is 6.92 Å². The van der Waals surface area contributed by atoms with Crippen molar-refractivity contribution in [2.24, 2.45) is 5.92 Å². The second-order valence-electron chi connectivity index (χ2n) is 3.37. The highest BCUT2D eigenvalue weighted by molar-refractivity contribution is 5.78. The summed E-state index contributed by atoms with van der Waals surface area (Å²) in [5.74, 6) is -0.679. The molecule has 4 nitrogen and oxygen atoms in total. The van der Waals surface area contributed by atoms with Crippen molar-refractivity contribution in [3.63, 3.8) is 0 Å². The van der Waals surface area contributed by atoms with Crippen molar-refractivity contribution < 1.29 is 19.1 Å². The van der Waals surface area contributed by atoms with Crippen LogP contribution in [-0.2, 0) is 19.1 Å². The van der Waals surface area contributed by atoms with E-state index in [1.165, 1.54) is 0 Å². The first-order valence-electron chi connectivity index (χ1n) is 5.05. The van der Waals surface area contributed by atoms with Crippen LogP contribution in [0.25, 0.3) is 0 Å². The van der Waals surface area contributed by atoms with E-state index < -0.39 is 0 Å². The lowest BCUT2D eigenvalue weighted by Gasteiger charge is -2.02. The summed E-state index contributed by atoms with van der Waals surface area (Å²) in [6, 6.07) is 0. The van der Waals surface area contributed by atoms with Gasteiger partial charge in [-0.3, -0.25) is 9.59 Å². The van der Waals surface area contributed by atoms with E-state index >= 15 is 0 Å². The molecule has 1 fully saturated rings. The summed E-state index contributed by atoms with van der Waals surface area (Å²) in [5.41, 5.74) is 0. The number of hydrogen-bond donors (Lipinski definition) is 0. The topological polar surface area (TPSA) is 52.6 Å². The van der Waals surface area contributed by atoms with Crippen LogP contribution in [-0.4, -0.2) is 24.6 Å². The molecule has 0 bridgehead atoms. The van der Waals surface area contributed by atoms with Crippen LogP contribution >= 0.6 is 0 Å². The van der Waals surface area contributed by atoms with Crippen LogP contribution in [0.2, 0.25) is 0 Å². The standard InChI is InChI=1S/C10H16O4/c1-3-5-9(11)14-8-6-7(8)10(12)13-4-2/h7-8H,3-6H2,1-2H3/t7-,8-/m0/s1. The van der Waals surface area contributed by atoms with Gasteiger partial charge in [0, 0.05) is 12.8 Å². The quantitative estimate of drug-likeness (QED) is 0.627. The molecule has 14 heavy (non-hydrogen) atoms. The van der Waals surface area contributed by atoms with E-state index in [4.69, 9.17) is 9.47 Å². The van der Waals surface area contributed by atoms with Crippen LogP contribution in [0.1, 0.15) is 33.1 Å². The molecule has 80 valence electrons. The third kappa shape index (κ3) is 3.01. The lowest BCUT2D eigenvalue weighted by atomic mass is 10.3. The zero-order valence-electron chi connectivity index (χ0n) is 8.62. The zero-order chi connectivity index (χ0) is 10.6. The number of hydrogen-bond acceptors (Lipinski definition) is 4. The molecule has 0 N–H and O–H groups in total. The molecule has 2 atom stereocenters. The van der Waals surface area contributed by atoms with E-state index in [2.05, 4.69) is 0 Å². The van der Waals surface area contributed by atoms with Crippen LogP contribution < -0.4 is 0 Å². The Balaban J connectivity index is 2.19. The molecular formula is C10H16O4. The van der Waals surface area contributed by atoms with Crippen LogP contribution in [0.15, 0.2) is 0 Å². The molecule has 0 amide bonds. The van der Waals surface area contributed by atoms with Gasteiger partial charge in [-0.25, -0.2) is 0 Å². The molecule has 0 aromatic carbocycles. The van der Waals surface area contributed by atoms with E-state index in [0.717, 1.165) is 6.42 Å². The molecule has 1 aliphatic carbocycles. The predicted molar refractivity (Wildman–Crippen MR) is 49.5 cm³/mol. The normalized spacial score (nSPS) is 24.1. The van der Waals surface area contributed by atoms with Crippen LogP contribution in [0.4, 0.5) is 0 Å². The van der Waals surface area contributed by atoms with Gasteiger partial charge >= 0.3 is 11.9 Å². The summed E-state index contributed by atoms with van der Waals surface area (Å²) in [5, 5.41) is 0. The summed E-state index contributed by atoms with van der Waals surface area (Å²) in [7, 11) is 0. The smallest absolute Gasteiger partial charge is 0.312 e. The van der Waals surface area contributed by atoms with Gasteiger partial charge in [-0.1, -0.05) is 6.92 Å². The van der Waals surface area contributed by atoms with Crippen LogP contribution in [0.5, 0.6) is 0 Å². The maximum Gasteiger partial charge on any atom is 0.312 e. The number of carbonyl (C=O) groups excluding carboxylic acids is 2. The Labute approximate surface area is 83.6 Å². The highest BCUT2D eigenvalue weighted by atomic mass is 16.6. The van der Waals surface area contributed by atoms with E-state index in [9.17, 15) is 9.59 Å². The van der Waals surface area contributed by atoms with Crippen molar-refractivity contribution in [2.45, 2.75) is 39.2 Å². The molecule has 0 unspecified atom stereocenters. The van der Waals surface area contributed by atoms with Crippen molar-refractivity contribution >= 4 is 11.9 Å². The maximum atomic E-state index is 11.1. The second-order valence-corrected chi connectivity index (χ2v) is 3.37. The highest BCUT2D eigenvalue weighted by Crippen LogP contribution is 2.35. The third-order valence-corrected chi connectivity index (χ3v) is 2.06. The fourth-order valence-electron chi connectivity index (χ4n) is 1.23. The first-order valence-corrected chi connectivity index (χ1v) is 5.05. The van der Waals surface area contributed by atoms with Gasteiger partial charge in [0.2, 0.25) is 0 Å². The molecule has 1 aliphatic rings. The number of ether oxygens (including phenoxy) is 2. The SMILES string of the molecule is CCCC(=O)O[C@H]1C[C@@H]1C(=O)OCC. The molecule has 0 aromatic rings. The Morgan fingerprint density at radius 2 is 2.07 bits per heavy atom. The Bertz CT molecular complexity index is 224. The van der Waals surface area contributed by atoms with Crippen molar-refractivity contribution in [3.8, 4) is 0 Å². The van der Waals surface area contributed by atoms with Crippen LogP contribution in [0.3, 0.4) is 0 Å². The second kappa shape index (κ2) is 4.98. The summed E-state index contributed by atoms with van der Waals surface area (Å²) in [6.07, 6.45) is 1.59. The van der Waals surface area contributed by atoms with Gasteiger partial charge < -0.3 is 9.47 Å². The van der Waals surface area contributed by atoms with Crippen molar-refractivity contribution in [3.05, 3.63) is 0 Å². The van der Waals surface area contributed by atoms with Crippen LogP contribution in [0, 0.1) is 5.92 Å². The van der Waals surface area contributed by atoms with Gasteiger partial charge in [-0.05, 0) is 13.3 Å². The Morgan fingerprint density at radius 3 is 2.64 bits per heavy atom. The Kier molecular flexibility index (Phi) is 3.92. The third-order valence-electron chi connectivity index (χ3n) is 2.06. The molecule has 1 saturated carbocycles. The lowest BCUT2D eigenvalue weighted by Crippen LogP contribution is -2.13. The van der Waals surface area contributed by atoms with Crippen molar-refractivity contribution in [1.82, 2.24) is 0 Å². The molecule has 0 heterocycles. The van der Waals surface area contributed by atoms with Crippen molar-refractivity contribution in [1.29, 1.82) is 0 Å². The highest BCUT2D eigenvalue weighted by Gasteiger charge is 2.47. The molecule has 0 aliphatic heterocycles. The maximum absolute atomic E-state index is 11.1. The van der Waals surface area contributed by atoms with Gasteiger partial charge in [-0.15, -0.1) is 0 Å². The van der Waals surface area contributed by atoms with E-state index in [0.29, 0.717) is 19.4 Å². The number of esters is 2. The Morgan fingerprint density at radius 1 is 1.36 bits per heavy atom. The zero-order valence-corrected chi connectivity index (χ0v) is 8.62. The van der Waals surface area contributed by atoms with E-state index in [-0.39, 0.29) is 24.0 Å². The molecule has 0 saturated heterocycles. The largest absolute Gasteiger partial charge is 0.466 e. The van der Waals surface area contributed by atoms with E-state index in [1.54, 1.807) is 6.92 Å². The Hall–Kier alpha value is -1.06. The molecular weight excluding hydrogens is 184 g/mol. The minimum Gasteiger partial charge on any atom is -0.466 e. The lowest BCUT2D eigenvalue weighted by molar-refractivity contribution is -0.149. The molecule has 0 aromatic heterocycles. The van der Waals surface area contributed by atoms with Gasteiger partial charge in [0.05, 0.1) is 12.5 Å². The average Bonchev–Trinajstić information content (AvgIpc) is 2.84. The van der Waals surface area contributed by atoms with Gasteiger partial charge in [0.15, 0.2) is 0 Å². The minimum absolute atomic E-state index is 0.212. The summed E-state index contributed by atoms with van der Waals surface area (Å²) in [4.78, 5) is 22.2.